The third-order valence-corrected chi connectivity index (χ3v) is 2.22. The van der Waals surface area contributed by atoms with Crippen LogP contribution >= 0.6 is 0 Å². The van der Waals surface area contributed by atoms with Crippen molar-refractivity contribution >= 4 is 5.78 Å². The molecule has 3 N–H and O–H groups in total. The Morgan fingerprint density at radius 2 is 2.17 bits per heavy atom. The molecular formula is C8H12O4. The number of aliphatic hydroxyl groups is 3. The van der Waals surface area contributed by atoms with E-state index in [1.165, 1.54) is 6.08 Å². The predicted molar refractivity (Wildman–Crippen MR) is 41.4 cm³/mol. The Morgan fingerprint density at radius 1 is 1.58 bits per heavy atom. The van der Waals surface area contributed by atoms with E-state index in [9.17, 15) is 15.0 Å². The molecule has 4 nitrogen and oxygen atoms in total. The summed E-state index contributed by atoms with van der Waals surface area (Å²) in [5.41, 5.74) is -1.81. The molecule has 0 unspecified atom stereocenters. The Balaban J connectivity index is 2.99. The Hall–Kier alpha value is -0.710. The van der Waals surface area contributed by atoms with Gasteiger partial charge in [-0.05, 0) is 18.6 Å². The van der Waals surface area contributed by atoms with E-state index >= 15 is 0 Å². The second kappa shape index (κ2) is 2.97. The minimum absolute atomic E-state index is 0.0917. The largest absolute Gasteiger partial charge is 0.387 e. The average molecular weight is 172 g/mol. The van der Waals surface area contributed by atoms with Crippen LogP contribution in [0.1, 0.15) is 13.3 Å². The molecule has 0 aromatic rings. The molecule has 0 amide bonds. The Bertz CT molecular complexity index is 223. The maximum Gasteiger partial charge on any atom is 0.189 e. The first-order valence-electron chi connectivity index (χ1n) is 3.83. The quantitative estimate of drug-likeness (QED) is 0.473. The van der Waals surface area contributed by atoms with Crippen molar-refractivity contribution in [2.45, 2.75) is 31.2 Å². The van der Waals surface area contributed by atoms with Gasteiger partial charge in [0.1, 0.15) is 12.2 Å². The summed E-state index contributed by atoms with van der Waals surface area (Å²) in [6.45, 7) is 1.58. The Morgan fingerprint density at radius 3 is 2.58 bits per heavy atom. The van der Waals surface area contributed by atoms with Crippen molar-refractivity contribution < 1.29 is 20.1 Å². The van der Waals surface area contributed by atoms with Gasteiger partial charge < -0.3 is 15.3 Å². The van der Waals surface area contributed by atoms with Crippen LogP contribution < -0.4 is 0 Å². The third-order valence-electron chi connectivity index (χ3n) is 2.22. The fourth-order valence-electron chi connectivity index (χ4n) is 1.25. The van der Waals surface area contributed by atoms with Crippen molar-refractivity contribution in [3.05, 3.63) is 12.2 Å². The molecular weight excluding hydrogens is 160 g/mol. The van der Waals surface area contributed by atoms with Crippen molar-refractivity contribution in [2.75, 3.05) is 0 Å². The van der Waals surface area contributed by atoms with E-state index in [0.29, 0.717) is 0 Å². The number of rotatable bonds is 1. The molecule has 0 bridgehead atoms. The maximum absolute atomic E-state index is 11.1. The monoisotopic (exact) mass is 172 g/mol. The lowest BCUT2D eigenvalue weighted by Crippen LogP contribution is -2.55. The normalized spacial score (nSPS) is 41.8. The van der Waals surface area contributed by atoms with Gasteiger partial charge in [0.05, 0.1) is 0 Å². The molecule has 0 saturated carbocycles. The highest BCUT2D eigenvalue weighted by Crippen LogP contribution is 2.24. The van der Waals surface area contributed by atoms with Gasteiger partial charge >= 0.3 is 0 Å². The van der Waals surface area contributed by atoms with E-state index in [4.69, 9.17) is 5.11 Å². The van der Waals surface area contributed by atoms with Crippen molar-refractivity contribution in [2.24, 2.45) is 0 Å². The van der Waals surface area contributed by atoms with E-state index < -0.39 is 23.6 Å². The highest BCUT2D eigenvalue weighted by atomic mass is 16.4. The van der Waals surface area contributed by atoms with Crippen LogP contribution in [0.4, 0.5) is 0 Å². The first-order chi connectivity index (χ1) is 5.52. The first-order valence-corrected chi connectivity index (χ1v) is 3.83. The number of ketones is 1. The Labute approximate surface area is 70.1 Å². The summed E-state index contributed by atoms with van der Waals surface area (Å²) >= 11 is 0. The van der Waals surface area contributed by atoms with Gasteiger partial charge in [0.2, 0.25) is 0 Å². The van der Waals surface area contributed by atoms with E-state index in [2.05, 4.69) is 0 Å². The van der Waals surface area contributed by atoms with E-state index in [1.807, 2.05) is 0 Å². The lowest BCUT2D eigenvalue weighted by molar-refractivity contribution is -0.157. The first kappa shape index (κ1) is 9.38. The average Bonchev–Trinajstić information content (AvgIpc) is 2.08. The van der Waals surface area contributed by atoms with Gasteiger partial charge in [-0.2, -0.15) is 0 Å². The summed E-state index contributed by atoms with van der Waals surface area (Å²) < 4.78 is 0. The van der Waals surface area contributed by atoms with E-state index in [1.54, 1.807) is 6.92 Å². The van der Waals surface area contributed by atoms with Gasteiger partial charge in [0.25, 0.3) is 0 Å². The second-order valence-corrected chi connectivity index (χ2v) is 2.94. The lowest BCUT2D eigenvalue weighted by Gasteiger charge is -2.34. The van der Waals surface area contributed by atoms with Crippen LogP contribution in [0.25, 0.3) is 0 Å². The molecule has 0 heterocycles. The van der Waals surface area contributed by atoms with Crippen LogP contribution in [0.2, 0.25) is 0 Å². The van der Waals surface area contributed by atoms with Gasteiger partial charge in [-0.1, -0.05) is 6.92 Å². The molecule has 1 rings (SSSR count). The predicted octanol–water partition coefficient (Wildman–Crippen LogP) is -1.01. The molecule has 4 heteroatoms. The molecule has 68 valence electrons. The lowest BCUT2D eigenvalue weighted by atomic mass is 9.82. The molecule has 1 aliphatic carbocycles. The van der Waals surface area contributed by atoms with E-state index in [0.717, 1.165) is 6.08 Å². The summed E-state index contributed by atoms with van der Waals surface area (Å²) in [5, 5.41) is 28.0. The van der Waals surface area contributed by atoms with Crippen molar-refractivity contribution in [3.63, 3.8) is 0 Å². The van der Waals surface area contributed by atoms with Crippen LogP contribution in [-0.4, -0.2) is 38.9 Å². The van der Waals surface area contributed by atoms with Crippen LogP contribution in [0.5, 0.6) is 0 Å². The van der Waals surface area contributed by atoms with Crippen molar-refractivity contribution in [1.29, 1.82) is 0 Å². The van der Waals surface area contributed by atoms with Gasteiger partial charge in [0.15, 0.2) is 11.4 Å². The van der Waals surface area contributed by atoms with Crippen molar-refractivity contribution in [3.8, 4) is 0 Å². The zero-order valence-electron chi connectivity index (χ0n) is 6.77. The number of hydrogen-bond acceptors (Lipinski definition) is 4. The van der Waals surface area contributed by atoms with Gasteiger partial charge in [-0.15, -0.1) is 0 Å². The molecule has 0 spiro atoms. The maximum atomic E-state index is 11.1. The number of aliphatic hydroxyl groups excluding tert-OH is 2. The van der Waals surface area contributed by atoms with Crippen LogP contribution in [0.3, 0.4) is 0 Å². The zero-order valence-corrected chi connectivity index (χ0v) is 6.77. The summed E-state index contributed by atoms with van der Waals surface area (Å²) in [6, 6.07) is 0. The van der Waals surface area contributed by atoms with Crippen molar-refractivity contribution in [1.82, 2.24) is 0 Å². The van der Waals surface area contributed by atoms with Crippen LogP contribution in [0.15, 0.2) is 12.2 Å². The molecule has 12 heavy (non-hydrogen) atoms. The topological polar surface area (TPSA) is 77.8 Å². The standard InChI is InChI=1S/C8H12O4/c1-2-8(12)6(10)4-3-5(9)7(8)11/h3-5,7,9,11-12H,2H2,1H3/t5-,7+,8-/m0/s1. The number of carbonyl (C=O) groups is 1. The fraction of sp³-hybridized carbons (Fsp3) is 0.625. The van der Waals surface area contributed by atoms with E-state index in [-0.39, 0.29) is 6.42 Å². The SMILES string of the molecule is CC[C@]1(O)C(=O)C=C[C@H](O)[C@H]1O. The number of hydrogen-bond donors (Lipinski definition) is 3. The third kappa shape index (κ3) is 1.18. The van der Waals surface area contributed by atoms with Gasteiger partial charge in [-0.25, -0.2) is 0 Å². The summed E-state index contributed by atoms with van der Waals surface area (Å²) in [6.07, 6.45) is -0.209. The van der Waals surface area contributed by atoms with Crippen LogP contribution in [0, 0.1) is 0 Å². The summed E-state index contributed by atoms with van der Waals surface area (Å²) in [5.74, 6) is -0.553. The second-order valence-electron chi connectivity index (χ2n) is 2.94. The van der Waals surface area contributed by atoms with Gasteiger partial charge in [-0.3, -0.25) is 4.79 Å². The smallest absolute Gasteiger partial charge is 0.189 e. The molecule has 0 fully saturated rings. The molecule has 0 radical (unpaired) electrons. The van der Waals surface area contributed by atoms with Gasteiger partial charge in [0, 0.05) is 0 Å². The molecule has 3 atom stereocenters. The summed E-state index contributed by atoms with van der Waals surface area (Å²) in [4.78, 5) is 11.1. The minimum atomic E-state index is -1.81. The molecule has 0 aromatic heterocycles. The molecule has 0 aromatic carbocycles. The highest BCUT2D eigenvalue weighted by molar-refractivity contribution is 5.98. The number of carbonyl (C=O) groups excluding carboxylic acids is 1. The molecule has 1 aliphatic rings. The fourth-order valence-corrected chi connectivity index (χ4v) is 1.25. The zero-order chi connectivity index (χ0) is 9.35. The molecule has 0 saturated heterocycles. The summed E-state index contributed by atoms with van der Waals surface area (Å²) in [7, 11) is 0. The Kier molecular flexibility index (Phi) is 2.32. The van der Waals surface area contributed by atoms with Crippen LogP contribution in [-0.2, 0) is 4.79 Å². The molecule has 0 aliphatic heterocycles. The highest BCUT2D eigenvalue weighted by Gasteiger charge is 2.45. The minimum Gasteiger partial charge on any atom is -0.387 e.